The van der Waals surface area contributed by atoms with Gasteiger partial charge in [0.1, 0.15) is 0 Å². The average Bonchev–Trinajstić information content (AvgIpc) is 2.10. The molecule has 0 aromatic carbocycles. The summed E-state index contributed by atoms with van der Waals surface area (Å²) in [7, 11) is 1.71. The van der Waals surface area contributed by atoms with Crippen molar-refractivity contribution < 1.29 is 9.47 Å². The van der Waals surface area contributed by atoms with Gasteiger partial charge in [-0.15, -0.1) is 0 Å². The quantitative estimate of drug-likeness (QED) is 0.563. The second-order valence-corrected chi connectivity index (χ2v) is 2.82. The Kier molecular flexibility index (Phi) is 8.88. The van der Waals surface area contributed by atoms with E-state index in [-0.39, 0.29) is 0 Å². The predicted molar refractivity (Wildman–Crippen MR) is 50.2 cm³/mol. The molecule has 0 spiro atoms. The molecule has 0 bridgehead atoms. The summed E-state index contributed by atoms with van der Waals surface area (Å²) in [5.41, 5.74) is 5.43. The molecule has 0 saturated heterocycles. The number of hydrogen-bond acceptors (Lipinski definition) is 3. The lowest BCUT2D eigenvalue weighted by molar-refractivity contribution is 0.0339. The van der Waals surface area contributed by atoms with Crippen LogP contribution in [0.3, 0.4) is 0 Å². The van der Waals surface area contributed by atoms with Gasteiger partial charge >= 0.3 is 0 Å². The summed E-state index contributed by atoms with van der Waals surface area (Å²) in [6.07, 6.45) is 3.32. The number of nitrogens with two attached hydrogens (primary N) is 1. The Hall–Kier alpha value is -0.120. The molecule has 2 N–H and O–H groups in total. The van der Waals surface area contributed by atoms with Gasteiger partial charge in [-0.2, -0.15) is 0 Å². The van der Waals surface area contributed by atoms with E-state index in [9.17, 15) is 0 Å². The van der Waals surface area contributed by atoms with Crippen LogP contribution in [0.4, 0.5) is 0 Å². The normalized spacial score (nSPS) is 13.2. The fraction of sp³-hybridized carbons (Fsp3) is 1.00. The van der Waals surface area contributed by atoms with Crippen LogP contribution in [0.25, 0.3) is 0 Å². The van der Waals surface area contributed by atoms with Crippen molar-refractivity contribution in [3.05, 3.63) is 0 Å². The van der Waals surface area contributed by atoms with Crippen LogP contribution in [0, 0.1) is 0 Å². The molecule has 74 valence electrons. The lowest BCUT2D eigenvalue weighted by Crippen LogP contribution is -2.17. The first-order valence-electron chi connectivity index (χ1n) is 4.65. The summed E-state index contributed by atoms with van der Waals surface area (Å²) in [5, 5.41) is 0. The fourth-order valence-electron chi connectivity index (χ4n) is 1.04. The summed E-state index contributed by atoms with van der Waals surface area (Å²) in [4.78, 5) is 0. The van der Waals surface area contributed by atoms with Gasteiger partial charge in [-0.3, -0.25) is 0 Å². The highest BCUT2D eigenvalue weighted by Gasteiger charge is 2.03. The summed E-state index contributed by atoms with van der Waals surface area (Å²) in [5.74, 6) is 0. The number of methoxy groups -OCH3 is 1. The Morgan fingerprint density at radius 1 is 1.33 bits per heavy atom. The van der Waals surface area contributed by atoms with Gasteiger partial charge in [-0.05, 0) is 25.8 Å². The second kappa shape index (κ2) is 8.97. The highest BCUT2D eigenvalue weighted by molar-refractivity contribution is 4.55. The first kappa shape index (κ1) is 11.9. The summed E-state index contributed by atoms with van der Waals surface area (Å²) in [6, 6.07) is 0. The molecule has 1 unspecified atom stereocenters. The molecule has 0 aliphatic carbocycles. The zero-order chi connectivity index (χ0) is 9.23. The van der Waals surface area contributed by atoms with Gasteiger partial charge in [-0.25, -0.2) is 0 Å². The van der Waals surface area contributed by atoms with Gasteiger partial charge in [0.15, 0.2) is 0 Å². The zero-order valence-corrected chi connectivity index (χ0v) is 8.21. The van der Waals surface area contributed by atoms with Crippen LogP contribution >= 0.6 is 0 Å². The Bertz CT molecular complexity index is 88.6. The third-order valence-electron chi connectivity index (χ3n) is 1.79. The molecule has 0 saturated carbocycles. The van der Waals surface area contributed by atoms with Crippen LogP contribution in [-0.2, 0) is 9.47 Å². The maximum atomic E-state index is 5.57. The molecule has 0 radical (unpaired) electrons. The van der Waals surface area contributed by atoms with E-state index in [0.29, 0.717) is 12.6 Å². The van der Waals surface area contributed by atoms with Crippen LogP contribution in [0.5, 0.6) is 0 Å². The smallest absolute Gasteiger partial charge is 0.0584 e. The van der Waals surface area contributed by atoms with Gasteiger partial charge in [0.25, 0.3) is 0 Å². The number of ether oxygens (including phenoxy) is 2. The second-order valence-electron chi connectivity index (χ2n) is 2.82. The standard InChI is InChI=1S/C9H21NO2/c1-3-9(5-6-10)12-8-4-7-11-2/h9H,3-8,10H2,1-2H3. The molecule has 3 nitrogen and oxygen atoms in total. The van der Waals surface area contributed by atoms with E-state index in [2.05, 4.69) is 6.92 Å². The molecule has 3 heteroatoms. The van der Waals surface area contributed by atoms with Gasteiger partial charge in [0.2, 0.25) is 0 Å². The zero-order valence-electron chi connectivity index (χ0n) is 8.21. The monoisotopic (exact) mass is 175 g/mol. The van der Waals surface area contributed by atoms with Crippen LogP contribution in [0.2, 0.25) is 0 Å². The van der Waals surface area contributed by atoms with Gasteiger partial charge in [0, 0.05) is 20.3 Å². The van der Waals surface area contributed by atoms with E-state index >= 15 is 0 Å². The summed E-state index contributed by atoms with van der Waals surface area (Å²) < 4.78 is 10.5. The maximum absolute atomic E-state index is 5.57. The molecule has 0 aromatic heterocycles. The van der Waals surface area contributed by atoms with E-state index in [4.69, 9.17) is 15.2 Å². The Morgan fingerprint density at radius 3 is 2.58 bits per heavy atom. The SMILES string of the molecule is CCC(CCN)OCCCOC. The lowest BCUT2D eigenvalue weighted by Gasteiger charge is -2.14. The minimum Gasteiger partial charge on any atom is -0.385 e. The minimum absolute atomic E-state index is 0.340. The fourth-order valence-corrected chi connectivity index (χ4v) is 1.04. The van der Waals surface area contributed by atoms with Gasteiger partial charge in [-0.1, -0.05) is 6.92 Å². The average molecular weight is 175 g/mol. The third kappa shape index (κ3) is 6.58. The first-order chi connectivity index (χ1) is 5.85. The molecule has 0 aromatic rings. The molecular weight excluding hydrogens is 154 g/mol. The predicted octanol–water partition coefficient (Wildman–Crippen LogP) is 1.17. The van der Waals surface area contributed by atoms with Crippen molar-refractivity contribution in [3.8, 4) is 0 Å². The van der Waals surface area contributed by atoms with Crippen molar-refractivity contribution in [2.45, 2.75) is 32.3 Å². The topological polar surface area (TPSA) is 44.5 Å². The third-order valence-corrected chi connectivity index (χ3v) is 1.79. The molecule has 0 aliphatic rings. The lowest BCUT2D eigenvalue weighted by atomic mass is 10.2. The van der Waals surface area contributed by atoms with Crippen LogP contribution in [0.15, 0.2) is 0 Å². The molecule has 0 amide bonds. The van der Waals surface area contributed by atoms with E-state index in [1.54, 1.807) is 7.11 Å². The van der Waals surface area contributed by atoms with E-state index in [1.165, 1.54) is 0 Å². The Balaban J connectivity index is 3.19. The minimum atomic E-state index is 0.340. The van der Waals surface area contributed by atoms with E-state index in [0.717, 1.165) is 32.5 Å². The van der Waals surface area contributed by atoms with Crippen molar-refractivity contribution in [1.29, 1.82) is 0 Å². The van der Waals surface area contributed by atoms with Crippen molar-refractivity contribution in [1.82, 2.24) is 0 Å². The largest absolute Gasteiger partial charge is 0.385 e. The highest BCUT2D eigenvalue weighted by atomic mass is 16.5. The van der Waals surface area contributed by atoms with Crippen LogP contribution in [0.1, 0.15) is 26.2 Å². The van der Waals surface area contributed by atoms with Crippen molar-refractivity contribution in [3.63, 3.8) is 0 Å². The molecule has 1 atom stereocenters. The van der Waals surface area contributed by atoms with Crippen molar-refractivity contribution >= 4 is 0 Å². The number of rotatable bonds is 8. The van der Waals surface area contributed by atoms with Crippen molar-refractivity contribution in [2.24, 2.45) is 5.73 Å². The summed E-state index contributed by atoms with van der Waals surface area (Å²) in [6.45, 7) is 4.39. The van der Waals surface area contributed by atoms with Crippen LogP contribution in [-0.4, -0.2) is 33.0 Å². The number of hydrogen-bond donors (Lipinski definition) is 1. The van der Waals surface area contributed by atoms with Gasteiger partial charge in [0.05, 0.1) is 6.10 Å². The molecule has 0 rings (SSSR count). The Labute approximate surface area is 75.2 Å². The van der Waals surface area contributed by atoms with Crippen LogP contribution < -0.4 is 5.73 Å². The molecular formula is C9H21NO2. The van der Waals surface area contributed by atoms with E-state index < -0.39 is 0 Å². The summed E-state index contributed by atoms with van der Waals surface area (Å²) >= 11 is 0. The molecule has 0 aliphatic heterocycles. The molecule has 0 fully saturated rings. The molecule has 12 heavy (non-hydrogen) atoms. The first-order valence-corrected chi connectivity index (χ1v) is 4.65. The van der Waals surface area contributed by atoms with Gasteiger partial charge < -0.3 is 15.2 Å². The van der Waals surface area contributed by atoms with Crippen molar-refractivity contribution in [2.75, 3.05) is 26.9 Å². The van der Waals surface area contributed by atoms with E-state index in [1.807, 2.05) is 0 Å². The Morgan fingerprint density at radius 2 is 2.08 bits per heavy atom. The molecule has 0 heterocycles. The highest BCUT2D eigenvalue weighted by Crippen LogP contribution is 2.02. The maximum Gasteiger partial charge on any atom is 0.0584 e.